The molecule has 1 aromatic carbocycles. The molecular weight excluding hydrogens is 439 g/mol. The van der Waals surface area contributed by atoms with E-state index in [1.165, 1.54) is 7.11 Å². The van der Waals surface area contributed by atoms with Gasteiger partial charge >= 0.3 is 12.1 Å². The van der Waals surface area contributed by atoms with Crippen molar-refractivity contribution in [1.82, 2.24) is 9.78 Å². The summed E-state index contributed by atoms with van der Waals surface area (Å²) in [6.07, 6.45) is -3.51. The molecule has 180 valence electrons. The van der Waals surface area contributed by atoms with Crippen molar-refractivity contribution in [3.8, 4) is 5.75 Å². The number of halogens is 3. The Balaban J connectivity index is 1.95. The summed E-state index contributed by atoms with van der Waals surface area (Å²) in [7, 11) is 1.51. The number of carbonyl (C=O) groups excluding carboxylic acids is 1. The molecule has 0 amide bonds. The van der Waals surface area contributed by atoms with Crippen molar-refractivity contribution in [2.45, 2.75) is 51.9 Å². The summed E-state index contributed by atoms with van der Waals surface area (Å²) in [5.74, 6) is 0.536. The lowest BCUT2D eigenvalue weighted by Crippen LogP contribution is -2.36. The number of benzene rings is 1. The zero-order valence-corrected chi connectivity index (χ0v) is 18.9. The van der Waals surface area contributed by atoms with Crippen LogP contribution in [0.25, 0.3) is 0 Å². The molecule has 0 saturated carbocycles. The van der Waals surface area contributed by atoms with Gasteiger partial charge in [-0.2, -0.15) is 18.3 Å². The Morgan fingerprint density at radius 3 is 2.55 bits per heavy atom. The van der Waals surface area contributed by atoms with Crippen LogP contribution in [0.1, 0.15) is 44.2 Å². The van der Waals surface area contributed by atoms with Gasteiger partial charge in [0.05, 0.1) is 20.3 Å². The maximum absolute atomic E-state index is 13.7. The second kappa shape index (κ2) is 10.3. The minimum Gasteiger partial charge on any atom is -0.497 e. The lowest BCUT2D eigenvalue weighted by atomic mass is 10.0. The number of hydrogen-bond donors (Lipinski definition) is 0. The van der Waals surface area contributed by atoms with E-state index in [0.717, 1.165) is 10.7 Å². The molecule has 2 atom stereocenters. The highest BCUT2D eigenvalue weighted by Gasteiger charge is 2.38. The fourth-order valence-electron chi connectivity index (χ4n) is 4.11. The molecule has 1 aromatic heterocycles. The minimum atomic E-state index is -4.82. The number of aromatic nitrogens is 2. The van der Waals surface area contributed by atoms with Crippen LogP contribution in [0.3, 0.4) is 0 Å². The molecule has 2 aromatic rings. The van der Waals surface area contributed by atoms with Crippen LogP contribution in [0.5, 0.6) is 5.75 Å². The van der Waals surface area contributed by atoms with E-state index in [1.807, 2.05) is 6.92 Å². The molecular formula is C23H28F3N3O4. The SMILES string of the molecule is CCOC(=O)CC[C@@H]1C[C@@H](C)CN1c1cc(C(F)(F)F)c(=O)n(Cc2ccc(OC)cc2)n1. The zero-order chi connectivity index (χ0) is 24.2. The molecule has 10 heteroatoms. The number of ether oxygens (including phenoxy) is 2. The molecule has 0 unspecified atom stereocenters. The van der Waals surface area contributed by atoms with Gasteiger partial charge < -0.3 is 14.4 Å². The third-order valence-electron chi connectivity index (χ3n) is 5.66. The van der Waals surface area contributed by atoms with Crippen LogP contribution in [0.2, 0.25) is 0 Å². The first-order chi connectivity index (χ1) is 15.6. The number of methoxy groups -OCH3 is 1. The van der Waals surface area contributed by atoms with Gasteiger partial charge in [-0.15, -0.1) is 0 Å². The second-order valence-corrected chi connectivity index (χ2v) is 8.22. The third kappa shape index (κ3) is 6.06. The van der Waals surface area contributed by atoms with E-state index in [1.54, 1.807) is 36.1 Å². The van der Waals surface area contributed by atoms with Gasteiger partial charge in [-0.1, -0.05) is 19.1 Å². The topological polar surface area (TPSA) is 73.7 Å². The highest BCUT2D eigenvalue weighted by molar-refractivity contribution is 5.69. The van der Waals surface area contributed by atoms with Crippen LogP contribution in [-0.4, -0.2) is 42.1 Å². The molecule has 0 bridgehead atoms. The summed E-state index contributed by atoms with van der Waals surface area (Å²) in [5.41, 5.74) is -1.84. The first-order valence-corrected chi connectivity index (χ1v) is 10.9. The van der Waals surface area contributed by atoms with E-state index in [9.17, 15) is 22.8 Å². The fourth-order valence-corrected chi connectivity index (χ4v) is 4.11. The summed E-state index contributed by atoms with van der Waals surface area (Å²) >= 11 is 0. The Labute approximate surface area is 190 Å². The Kier molecular flexibility index (Phi) is 7.65. The highest BCUT2D eigenvalue weighted by Crippen LogP contribution is 2.33. The van der Waals surface area contributed by atoms with Crippen molar-refractivity contribution in [1.29, 1.82) is 0 Å². The van der Waals surface area contributed by atoms with Crippen LogP contribution in [-0.2, 0) is 22.3 Å². The van der Waals surface area contributed by atoms with E-state index in [0.29, 0.717) is 30.7 Å². The van der Waals surface area contributed by atoms with E-state index in [2.05, 4.69) is 5.10 Å². The Morgan fingerprint density at radius 2 is 1.94 bits per heavy atom. The molecule has 3 rings (SSSR count). The number of esters is 1. The third-order valence-corrected chi connectivity index (χ3v) is 5.66. The zero-order valence-electron chi connectivity index (χ0n) is 18.9. The summed E-state index contributed by atoms with van der Waals surface area (Å²) < 4.78 is 52.1. The van der Waals surface area contributed by atoms with E-state index < -0.39 is 17.3 Å². The lowest BCUT2D eigenvalue weighted by molar-refractivity contribution is -0.143. The van der Waals surface area contributed by atoms with E-state index >= 15 is 0 Å². The van der Waals surface area contributed by atoms with Crippen molar-refractivity contribution in [2.24, 2.45) is 5.92 Å². The van der Waals surface area contributed by atoms with Crippen molar-refractivity contribution in [3.63, 3.8) is 0 Å². The molecule has 33 heavy (non-hydrogen) atoms. The van der Waals surface area contributed by atoms with Gasteiger partial charge in [0.25, 0.3) is 5.56 Å². The maximum atomic E-state index is 13.7. The molecule has 0 radical (unpaired) electrons. The molecule has 1 saturated heterocycles. The van der Waals surface area contributed by atoms with Crippen molar-refractivity contribution >= 4 is 11.8 Å². The molecule has 7 nitrogen and oxygen atoms in total. The largest absolute Gasteiger partial charge is 0.497 e. The van der Waals surface area contributed by atoms with Gasteiger partial charge in [-0.3, -0.25) is 9.59 Å². The van der Waals surface area contributed by atoms with Crippen LogP contribution >= 0.6 is 0 Å². The average Bonchev–Trinajstić information content (AvgIpc) is 3.14. The average molecular weight is 467 g/mol. The Hall–Kier alpha value is -3.04. The van der Waals surface area contributed by atoms with Gasteiger partial charge in [-0.05, 0) is 43.4 Å². The molecule has 2 heterocycles. The van der Waals surface area contributed by atoms with Crippen LogP contribution in [0, 0.1) is 5.92 Å². The monoisotopic (exact) mass is 467 g/mol. The van der Waals surface area contributed by atoms with Gasteiger partial charge in [0.1, 0.15) is 17.1 Å². The normalized spacial score (nSPS) is 18.4. The Morgan fingerprint density at radius 1 is 1.24 bits per heavy atom. The number of anilines is 1. The first kappa shape index (κ1) is 24.6. The first-order valence-electron chi connectivity index (χ1n) is 10.9. The molecule has 0 aliphatic carbocycles. The van der Waals surface area contributed by atoms with Crippen LogP contribution in [0.4, 0.5) is 19.0 Å². The van der Waals surface area contributed by atoms with Gasteiger partial charge in [0.15, 0.2) is 0 Å². The number of rotatable bonds is 8. The smallest absolute Gasteiger partial charge is 0.421 e. The Bertz CT molecular complexity index is 1020. The summed E-state index contributed by atoms with van der Waals surface area (Å²) in [6.45, 7) is 4.36. The number of nitrogens with zero attached hydrogens (tertiary/aromatic N) is 3. The summed E-state index contributed by atoms with van der Waals surface area (Å²) in [4.78, 5) is 26.2. The van der Waals surface area contributed by atoms with Gasteiger partial charge in [-0.25, -0.2) is 4.68 Å². The number of hydrogen-bond acceptors (Lipinski definition) is 6. The molecule has 1 aliphatic heterocycles. The number of alkyl halides is 3. The molecule has 1 aliphatic rings. The summed E-state index contributed by atoms with van der Waals surface area (Å²) in [5, 5.41) is 4.30. The van der Waals surface area contributed by atoms with Crippen LogP contribution < -0.4 is 15.2 Å². The van der Waals surface area contributed by atoms with Crippen LogP contribution in [0.15, 0.2) is 35.1 Å². The highest BCUT2D eigenvalue weighted by atomic mass is 19.4. The maximum Gasteiger partial charge on any atom is 0.421 e. The van der Waals surface area contributed by atoms with Crippen molar-refractivity contribution in [2.75, 3.05) is 25.2 Å². The lowest BCUT2D eigenvalue weighted by Gasteiger charge is -2.26. The van der Waals surface area contributed by atoms with E-state index in [-0.39, 0.29) is 43.3 Å². The molecule has 1 fully saturated rings. The van der Waals surface area contributed by atoms with Crippen molar-refractivity contribution in [3.05, 3.63) is 51.8 Å². The second-order valence-electron chi connectivity index (χ2n) is 8.22. The van der Waals surface area contributed by atoms with Gasteiger partial charge in [0.2, 0.25) is 0 Å². The molecule has 0 N–H and O–H groups in total. The van der Waals surface area contributed by atoms with Crippen molar-refractivity contribution < 1.29 is 27.4 Å². The standard InChI is InChI=1S/C23H28F3N3O4/c1-4-33-21(30)10-7-17-11-15(2)13-28(17)20-12-19(23(24,25)26)22(31)29(27-20)14-16-5-8-18(32-3)9-6-16/h5-6,8-9,12,15,17H,4,7,10-11,13-14H2,1-3H3/t15-,17-/m1/s1. The predicted molar refractivity (Wildman–Crippen MR) is 116 cm³/mol. The predicted octanol–water partition coefficient (Wildman–Crippen LogP) is 3.88. The minimum absolute atomic E-state index is 0.0774. The van der Waals surface area contributed by atoms with Gasteiger partial charge in [0, 0.05) is 25.1 Å². The molecule has 0 spiro atoms. The van der Waals surface area contributed by atoms with E-state index in [4.69, 9.17) is 9.47 Å². The summed E-state index contributed by atoms with van der Waals surface area (Å²) in [6, 6.07) is 7.33. The fraction of sp³-hybridized carbons (Fsp3) is 0.522. The quantitative estimate of drug-likeness (QED) is 0.549. The number of carbonyl (C=O) groups is 1.